The van der Waals surface area contributed by atoms with E-state index >= 15 is 0 Å². The van der Waals surface area contributed by atoms with Gasteiger partial charge >= 0.3 is 6.18 Å². The molecule has 1 atom stereocenters. The van der Waals surface area contributed by atoms with Crippen LogP contribution in [-0.4, -0.2) is 31.9 Å². The number of amides is 1. The van der Waals surface area contributed by atoms with Gasteiger partial charge in [-0.05, 0) is 30.2 Å². The summed E-state index contributed by atoms with van der Waals surface area (Å²) in [6.07, 6.45) is -4.95. The van der Waals surface area contributed by atoms with Crippen molar-refractivity contribution in [1.29, 1.82) is 0 Å². The number of hydrogen-bond donors (Lipinski definition) is 2. The minimum absolute atomic E-state index is 0.195. The molecule has 0 bridgehead atoms. The zero-order chi connectivity index (χ0) is 19.5. The Morgan fingerprint density at radius 3 is 2.27 bits per heavy atom. The highest BCUT2D eigenvalue weighted by Crippen LogP contribution is 2.35. The maximum Gasteiger partial charge on any atom is 0.400 e. The molecule has 0 saturated carbocycles. The summed E-state index contributed by atoms with van der Waals surface area (Å²) in [5.74, 6) is -4.53. The van der Waals surface area contributed by atoms with Crippen LogP contribution in [0.25, 0.3) is 0 Å². The minimum Gasteiger partial charge on any atom is -0.506 e. The van der Waals surface area contributed by atoms with Gasteiger partial charge < -0.3 is 10.4 Å². The van der Waals surface area contributed by atoms with Crippen LogP contribution in [0.15, 0.2) is 53.4 Å². The second-order valence-electron chi connectivity index (χ2n) is 5.69. The van der Waals surface area contributed by atoms with Crippen molar-refractivity contribution in [3.63, 3.8) is 0 Å². The lowest BCUT2D eigenvalue weighted by Crippen LogP contribution is -2.36. The SMILES string of the molecule is CS(=O)(=O)c1cccc(CC(C(=O)Nc2ccccc2)C(F)(F)F)c1O. The number of sulfone groups is 1. The van der Waals surface area contributed by atoms with Gasteiger partial charge in [0.25, 0.3) is 0 Å². The molecule has 140 valence electrons. The largest absolute Gasteiger partial charge is 0.506 e. The number of rotatable bonds is 5. The van der Waals surface area contributed by atoms with E-state index in [2.05, 4.69) is 5.32 Å². The third-order valence-corrected chi connectivity index (χ3v) is 4.79. The van der Waals surface area contributed by atoms with Crippen LogP contribution < -0.4 is 5.32 Å². The van der Waals surface area contributed by atoms with Gasteiger partial charge in [-0.15, -0.1) is 0 Å². The number of phenolic OH excluding ortho intramolecular Hbond substituents is 1. The number of benzene rings is 2. The van der Waals surface area contributed by atoms with Gasteiger partial charge in [-0.2, -0.15) is 13.2 Å². The van der Waals surface area contributed by atoms with Crippen molar-refractivity contribution >= 4 is 21.4 Å². The van der Waals surface area contributed by atoms with E-state index in [1.165, 1.54) is 18.2 Å². The fourth-order valence-corrected chi connectivity index (χ4v) is 3.17. The predicted octanol–water partition coefficient (Wildman–Crippen LogP) is 3.16. The highest BCUT2D eigenvalue weighted by atomic mass is 32.2. The topological polar surface area (TPSA) is 83.5 Å². The van der Waals surface area contributed by atoms with Crippen LogP contribution in [0.5, 0.6) is 5.75 Å². The van der Waals surface area contributed by atoms with Gasteiger partial charge in [-0.1, -0.05) is 30.3 Å². The fourth-order valence-electron chi connectivity index (χ4n) is 2.36. The van der Waals surface area contributed by atoms with Crippen LogP contribution in [0.3, 0.4) is 0 Å². The number of carbonyl (C=O) groups excluding carboxylic acids is 1. The standard InChI is InChI=1S/C17H16F3NO4S/c1-26(24,25)14-9-5-6-11(15(14)22)10-13(17(18,19)20)16(23)21-12-7-3-2-4-8-12/h2-9,13,22H,10H2,1H3,(H,21,23). The molecule has 26 heavy (non-hydrogen) atoms. The van der Waals surface area contributed by atoms with Crippen LogP contribution in [0, 0.1) is 5.92 Å². The first-order valence-corrected chi connectivity index (χ1v) is 9.33. The Balaban J connectivity index is 2.34. The molecule has 2 aromatic carbocycles. The number of carbonyl (C=O) groups is 1. The van der Waals surface area contributed by atoms with Gasteiger partial charge in [-0.25, -0.2) is 8.42 Å². The van der Waals surface area contributed by atoms with Crippen molar-refractivity contribution in [3.8, 4) is 5.75 Å². The first-order valence-electron chi connectivity index (χ1n) is 7.43. The summed E-state index contributed by atoms with van der Waals surface area (Å²) in [5, 5.41) is 12.2. The second-order valence-corrected chi connectivity index (χ2v) is 7.67. The smallest absolute Gasteiger partial charge is 0.400 e. The molecular weight excluding hydrogens is 371 g/mol. The average molecular weight is 387 g/mol. The maximum atomic E-state index is 13.4. The van der Waals surface area contributed by atoms with Crippen LogP contribution in [0.1, 0.15) is 5.56 Å². The molecule has 1 unspecified atom stereocenters. The van der Waals surface area contributed by atoms with E-state index in [0.29, 0.717) is 0 Å². The third kappa shape index (κ3) is 4.75. The van der Waals surface area contributed by atoms with E-state index in [1.807, 2.05) is 0 Å². The lowest BCUT2D eigenvalue weighted by atomic mass is 9.97. The molecule has 2 N–H and O–H groups in total. The minimum atomic E-state index is -4.88. The van der Waals surface area contributed by atoms with Crippen molar-refractivity contribution in [2.45, 2.75) is 17.5 Å². The lowest BCUT2D eigenvalue weighted by molar-refractivity contribution is -0.179. The summed E-state index contributed by atoms with van der Waals surface area (Å²) < 4.78 is 63.3. The molecule has 0 saturated heterocycles. The lowest BCUT2D eigenvalue weighted by Gasteiger charge is -2.20. The van der Waals surface area contributed by atoms with Gasteiger partial charge in [0.1, 0.15) is 16.6 Å². The summed E-state index contributed by atoms with van der Waals surface area (Å²) in [4.78, 5) is 11.6. The number of alkyl halides is 3. The summed E-state index contributed by atoms with van der Waals surface area (Å²) >= 11 is 0. The van der Waals surface area contributed by atoms with Gasteiger partial charge in [-0.3, -0.25) is 4.79 Å². The van der Waals surface area contributed by atoms with Gasteiger partial charge in [0.15, 0.2) is 9.84 Å². The highest BCUT2D eigenvalue weighted by Gasteiger charge is 2.45. The Kier molecular flexibility index (Phi) is 5.60. The molecule has 2 rings (SSSR count). The molecule has 0 heterocycles. The monoisotopic (exact) mass is 387 g/mol. The Hall–Kier alpha value is -2.55. The molecule has 0 radical (unpaired) electrons. The quantitative estimate of drug-likeness (QED) is 0.826. The summed E-state index contributed by atoms with van der Waals surface area (Å²) in [5.41, 5.74) is -0.0840. The maximum absolute atomic E-state index is 13.4. The molecule has 0 aliphatic carbocycles. The van der Waals surface area contributed by atoms with Crippen LogP contribution in [0.4, 0.5) is 18.9 Å². The zero-order valence-corrected chi connectivity index (χ0v) is 14.4. The van der Waals surface area contributed by atoms with Crippen molar-refractivity contribution in [2.75, 3.05) is 11.6 Å². The predicted molar refractivity (Wildman–Crippen MR) is 89.5 cm³/mol. The first kappa shape index (κ1) is 19.8. The molecule has 9 heteroatoms. The van der Waals surface area contributed by atoms with Crippen LogP contribution in [-0.2, 0) is 21.1 Å². The second kappa shape index (κ2) is 7.36. The number of phenols is 1. The van der Waals surface area contributed by atoms with E-state index in [9.17, 15) is 31.5 Å². The average Bonchev–Trinajstić information content (AvgIpc) is 2.52. The summed E-state index contributed by atoms with van der Waals surface area (Å²) in [6.45, 7) is 0. The van der Waals surface area contributed by atoms with E-state index in [1.54, 1.807) is 18.2 Å². The molecule has 0 aliphatic rings. The van der Waals surface area contributed by atoms with E-state index in [4.69, 9.17) is 0 Å². The Bertz CT molecular complexity index is 896. The molecule has 5 nitrogen and oxygen atoms in total. The van der Waals surface area contributed by atoms with E-state index < -0.39 is 44.9 Å². The van der Waals surface area contributed by atoms with Crippen LogP contribution in [0.2, 0.25) is 0 Å². The molecule has 0 aliphatic heterocycles. The van der Waals surface area contributed by atoms with Gasteiger partial charge in [0, 0.05) is 11.9 Å². The molecular formula is C17H16F3NO4S. The number of aromatic hydroxyl groups is 1. The third-order valence-electron chi connectivity index (χ3n) is 3.66. The van der Waals surface area contributed by atoms with Crippen molar-refractivity contribution in [1.82, 2.24) is 0 Å². The van der Waals surface area contributed by atoms with Crippen LogP contribution >= 0.6 is 0 Å². The highest BCUT2D eigenvalue weighted by molar-refractivity contribution is 7.90. The van der Waals surface area contributed by atoms with Crippen molar-refractivity contribution in [2.24, 2.45) is 5.92 Å². The van der Waals surface area contributed by atoms with Gasteiger partial charge in [0.2, 0.25) is 5.91 Å². The number of nitrogens with one attached hydrogen (secondary N) is 1. The molecule has 0 aromatic heterocycles. The zero-order valence-electron chi connectivity index (χ0n) is 13.6. The number of halogens is 3. The molecule has 0 fully saturated rings. The fraction of sp³-hybridized carbons (Fsp3) is 0.235. The molecule has 1 amide bonds. The first-order chi connectivity index (χ1) is 12.0. The van der Waals surface area contributed by atoms with Gasteiger partial charge in [0.05, 0.1) is 0 Å². The van der Waals surface area contributed by atoms with Crippen molar-refractivity contribution in [3.05, 3.63) is 54.1 Å². The normalized spacial score (nSPS) is 13.2. The van der Waals surface area contributed by atoms with Crippen molar-refractivity contribution < 1.29 is 31.5 Å². The summed E-state index contributed by atoms with van der Waals surface area (Å²) in [7, 11) is -3.83. The summed E-state index contributed by atoms with van der Waals surface area (Å²) in [6, 6.07) is 11.1. The number of para-hydroxylation sites is 2. The van der Waals surface area contributed by atoms with E-state index in [-0.39, 0.29) is 11.3 Å². The number of anilines is 1. The Labute approximate surface area is 148 Å². The van der Waals surface area contributed by atoms with E-state index in [0.717, 1.165) is 18.4 Å². The Morgan fingerprint density at radius 1 is 1.12 bits per heavy atom. The Morgan fingerprint density at radius 2 is 1.73 bits per heavy atom. The molecule has 2 aromatic rings. The molecule has 0 spiro atoms. The number of hydrogen-bond acceptors (Lipinski definition) is 4.